The van der Waals surface area contributed by atoms with E-state index in [0.29, 0.717) is 5.56 Å². The maximum Gasteiger partial charge on any atom is 0.305 e. The molecule has 0 saturated carbocycles. The standard InChI is InChI=1S/C25H22Cl2N2O7S/c26-16-10-17(27)12-18(11-16)37(35,36)29-7-6-20(29)25(34)28-19(13-23(32)33)15-8-21(30)24(22(31)9-15)14-4-2-1-3-5-14/h1-5,8-12,19-20,30-31H,6-7,13H2,(H,28,34)(H,32,33)/t19-,20+/m1/s1. The Hall–Kier alpha value is -3.31. The number of carboxylic acids is 1. The lowest BCUT2D eigenvalue weighted by atomic mass is 9.96. The first kappa shape index (κ1) is 26.7. The van der Waals surface area contributed by atoms with Crippen molar-refractivity contribution in [3.8, 4) is 22.6 Å². The third kappa shape index (κ3) is 5.67. The molecule has 4 rings (SSSR count). The van der Waals surface area contributed by atoms with Gasteiger partial charge in [0.1, 0.15) is 17.5 Å². The van der Waals surface area contributed by atoms with E-state index in [1.807, 2.05) is 0 Å². The van der Waals surface area contributed by atoms with Gasteiger partial charge >= 0.3 is 5.97 Å². The van der Waals surface area contributed by atoms with E-state index in [9.17, 15) is 33.3 Å². The van der Waals surface area contributed by atoms with Gasteiger partial charge in [-0.15, -0.1) is 0 Å². The molecular formula is C25H22Cl2N2O7S. The fraction of sp³-hybridized carbons (Fsp3) is 0.200. The van der Waals surface area contributed by atoms with Crippen LogP contribution < -0.4 is 5.32 Å². The minimum atomic E-state index is -4.11. The topological polar surface area (TPSA) is 144 Å². The number of rotatable bonds is 8. The lowest BCUT2D eigenvalue weighted by Crippen LogP contribution is -2.58. The molecule has 1 fully saturated rings. The summed E-state index contributed by atoms with van der Waals surface area (Å²) in [6, 6.07) is 12.7. The van der Waals surface area contributed by atoms with E-state index in [1.165, 1.54) is 30.3 Å². The Morgan fingerprint density at radius 2 is 1.59 bits per heavy atom. The van der Waals surface area contributed by atoms with Gasteiger partial charge < -0.3 is 20.6 Å². The van der Waals surface area contributed by atoms with E-state index in [0.717, 1.165) is 4.31 Å². The highest BCUT2D eigenvalue weighted by molar-refractivity contribution is 7.89. The van der Waals surface area contributed by atoms with Gasteiger partial charge in [0.2, 0.25) is 15.9 Å². The summed E-state index contributed by atoms with van der Waals surface area (Å²) >= 11 is 11.9. The number of phenols is 2. The van der Waals surface area contributed by atoms with Crippen molar-refractivity contribution in [3.05, 3.63) is 76.3 Å². The average Bonchev–Trinajstić information content (AvgIpc) is 2.77. The number of sulfonamides is 1. The lowest BCUT2D eigenvalue weighted by molar-refractivity contribution is -0.138. The summed E-state index contributed by atoms with van der Waals surface area (Å²) in [5.41, 5.74) is 0.835. The highest BCUT2D eigenvalue weighted by Gasteiger charge is 2.43. The minimum Gasteiger partial charge on any atom is -0.507 e. The molecule has 1 saturated heterocycles. The third-order valence-electron chi connectivity index (χ3n) is 5.99. The van der Waals surface area contributed by atoms with Crippen LogP contribution in [-0.4, -0.2) is 52.5 Å². The van der Waals surface area contributed by atoms with Crippen LogP contribution in [0.1, 0.15) is 24.4 Å². The molecule has 1 aliphatic rings. The number of nitrogens with zero attached hydrogens (tertiary/aromatic N) is 1. The number of carbonyl (C=O) groups is 2. The number of benzene rings is 3. The number of phenolic OH excluding ortho intramolecular Hbond substituents is 2. The van der Waals surface area contributed by atoms with E-state index in [2.05, 4.69) is 5.32 Å². The number of hydrogen-bond acceptors (Lipinski definition) is 6. The van der Waals surface area contributed by atoms with Crippen molar-refractivity contribution in [1.29, 1.82) is 0 Å². The molecule has 0 unspecified atom stereocenters. The number of aromatic hydroxyl groups is 2. The largest absolute Gasteiger partial charge is 0.507 e. The number of hydrogen-bond donors (Lipinski definition) is 4. The summed E-state index contributed by atoms with van der Waals surface area (Å²) in [6.07, 6.45) is -0.360. The Kier molecular flexibility index (Phi) is 7.65. The predicted molar refractivity (Wildman–Crippen MR) is 137 cm³/mol. The van der Waals surface area contributed by atoms with Crippen LogP contribution in [0.4, 0.5) is 0 Å². The fourth-order valence-corrected chi connectivity index (χ4v) is 6.52. The Morgan fingerprint density at radius 3 is 2.11 bits per heavy atom. The number of carbonyl (C=O) groups excluding carboxylic acids is 1. The third-order valence-corrected chi connectivity index (χ3v) is 8.32. The minimum absolute atomic E-state index is 0.0709. The molecule has 12 heteroatoms. The Morgan fingerprint density at radius 1 is 1.00 bits per heavy atom. The summed E-state index contributed by atoms with van der Waals surface area (Å²) in [6.45, 7) is 0.0709. The lowest BCUT2D eigenvalue weighted by Gasteiger charge is -2.39. The van der Waals surface area contributed by atoms with Gasteiger partial charge in [0.15, 0.2) is 0 Å². The molecule has 1 amide bonds. The van der Waals surface area contributed by atoms with Crippen LogP contribution in [0.5, 0.6) is 11.5 Å². The molecule has 0 aliphatic carbocycles. The van der Waals surface area contributed by atoms with Gasteiger partial charge in [-0.25, -0.2) is 8.42 Å². The van der Waals surface area contributed by atoms with E-state index in [4.69, 9.17) is 23.2 Å². The van der Waals surface area contributed by atoms with Crippen LogP contribution in [0.3, 0.4) is 0 Å². The predicted octanol–water partition coefficient (Wildman–Crippen LogP) is 4.17. The fourth-order valence-electron chi connectivity index (χ4n) is 4.16. The molecule has 1 aliphatic heterocycles. The van der Waals surface area contributed by atoms with Crippen molar-refractivity contribution < 1.29 is 33.3 Å². The van der Waals surface area contributed by atoms with Gasteiger partial charge in [-0.05, 0) is 47.9 Å². The second-order valence-electron chi connectivity index (χ2n) is 8.48. The van der Waals surface area contributed by atoms with Crippen LogP contribution >= 0.6 is 23.2 Å². The molecule has 194 valence electrons. The van der Waals surface area contributed by atoms with Crippen LogP contribution in [-0.2, 0) is 19.6 Å². The van der Waals surface area contributed by atoms with Crippen LogP contribution in [0.2, 0.25) is 10.0 Å². The van der Waals surface area contributed by atoms with Gasteiger partial charge in [-0.3, -0.25) is 9.59 Å². The first-order valence-corrected chi connectivity index (χ1v) is 13.3. The summed E-state index contributed by atoms with van der Waals surface area (Å²) < 4.78 is 27.2. The Balaban J connectivity index is 1.59. The van der Waals surface area contributed by atoms with Gasteiger partial charge in [0.25, 0.3) is 0 Å². The first-order chi connectivity index (χ1) is 17.5. The second-order valence-corrected chi connectivity index (χ2v) is 11.2. The summed E-state index contributed by atoms with van der Waals surface area (Å²) in [7, 11) is -4.11. The molecule has 3 aromatic rings. The van der Waals surface area contributed by atoms with Crippen molar-refractivity contribution in [2.75, 3.05) is 6.54 Å². The molecular weight excluding hydrogens is 543 g/mol. The van der Waals surface area contributed by atoms with Crippen LogP contribution in [0, 0.1) is 0 Å². The zero-order chi connectivity index (χ0) is 26.9. The zero-order valence-electron chi connectivity index (χ0n) is 19.1. The molecule has 3 aromatic carbocycles. The summed E-state index contributed by atoms with van der Waals surface area (Å²) in [5, 5.41) is 33.4. The second kappa shape index (κ2) is 10.6. The average molecular weight is 565 g/mol. The van der Waals surface area contributed by atoms with Gasteiger partial charge in [-0.2, -0.15) is 4.31 Å². The Bertz CT molecular complexity index is 1420. The molecule has 0 bridgehead atoms. The highest BCUT2D eigenvalue weighted by Crippen LogP contribution is 2.40. The highest BCUT2D eigenvalue weighted by atomic mass is 35.5. The monoisotopic (exact) mass is 564 g/mol. The molecule has 4 N–H and O–H groups in total. The van der Waals surface area contributed by atoms with Crippen molar-refractivity contribution in [3.63, 3.8) is 0 Å². The molecule has 0 spiro atoms. The van der Waals surface area contributed by atoms with E-state index in [1.54, 1.807) is 30.3 Å². The maximum atomic E-state index is 13.1. The van der Waals surface area contributed by atoms with Crippen LogP contribution in [0.25, 0.3) is 11.1 Å². The molecule has 0 radical (unpaired) electrons. The smallest absolute Gasteiger partial charge is 0.305 e. The number of amides is 1. The molecule has 1 heterocycles. The molecule has 2 atom stereocenters. The number of nitrogens with one attached hydrogen (secondary N) is 1. The molecule has 37 heavy (non-hydrogen) atoms. The summed E-state index contributed by atoms with van der Waals surface area (Å²) in [5.74, 6) is -2.59. The molecule has 0 aromatic heterocycles. The summed E-state index contributed by atoms with van der Waals surface area (Å²) in [4.78, 5) is 24.5. The van der Waals surface area contributed by atoms with Crippen molar-refractivity contribution in [1.82, 2.24) is 9.62 Å². The Labute approximate surface area is 222 Å². The van der Waals surface area contributed by atoms with E-state index in [-0.39, 0.29) is 50.5 Å². The van der Waals surface area contributed by atoms with Gasteiger partial charge in [-0.1, -0.05) is 53.5 Å². The van der Waals surface area contributed by atoms with Gasteiger partial charge in [0, 0.05) is 16.6 Å². The quantitative estimate of drug-likeness (QED) is 0.321. The normalized spacial score (nSPS) is 16.5. The van der Waals surface area contributed by atoms with Crippen molar-refractivity contribution in [2.45, 2.75) is 29.8 Å². The first-order valence-electron chi connectivity index (χ1n) is 11.1. The van der Waals surface area contributed by atoms with Crippen molar-refractivity contribution in [2.24, 2.45) is 0 Å². The van der Waals surface area contributed by atoms with Crippen molar-refractivity contribution >= 4 is 45.1 Å². The number of halogens is 2. The SMILES string of the molecule is O=C(O)C[C@@H](NC(=O)[C@@H]1CCN1S(=O)(=O)c1cc(Cl)cc(Cl)c1)c1cc(O)c(-c2ccccc2)c(O)c1. The maximum absolute atomic E-state index is 13.1. The van der Waals surface area contributed by atoms with Crippen LogP contribution in [0.15, 0.2) is 65.6 Å². The number of carboxylic acid groups (broad SMARTS) is 1. The number of aliphatic carboxylic acids is 1. The van der Waals surface area contributed by atoms with Gasteiger partial charge in [0.05, 0.1) is 22.9 Å². The van der Waals surface area contributed by atoms with E-state index >= 15 is 0 Å². The zero-order valence-corrected chi connectivity index (χ0v) is 21.5. The molecule has 9 nitrogen and oxygen atoms in total. The van der Waals surface area contributed by atoms with E-state index < -0.39 is 40.4 Å².